The van der Waals surface area contributed by atoms with E-state index < -0.39 is 16.9 Å². The summed E-state index contributed by atoms with van der Waals surface area (Å²) in [5.74, 6) is -2.06. The van der Waals surface area contributed by atoms with Gasteiger partial charge >= 0.3 is 17.8 Å². The molecule has 0 spiro atoms. The number of nitrogens with zero attached hydrogens (tertiary/aromatic N) is 3. The molecule has 0 unspecified atom stereocenters. The van der Waals surface area contributed by atoms with Crippen LogP contribution in [0.5, 0.6) is 0 Å². The average Bonchev–Trinajstić information content (AvgIpc) is 2.70. The van der Waals surface area contributed by atoms with E-state index in [9.17, 15) is 19.7 Å². The van der Waals surface area contributed by atoms with Crippen LogP contribution in [0, 0.1) is 17.0 Å². The third-order valence-corrected chi connectivity index (χ3v) is 1.91. The van der Waals surface area contributed by atoms with Crippen LogP contribution in [0.4, 0.5) is 5.82 Å². The van der Waals surface area contributed by atoms with Crippen LogP contribution in [0.15, 0.2) is 18.3 Å². The lowest BCUT2D eigenvalue weighted by molar-refractivity contribution is -0.392. The van der Waals surface area contributed by atoms with Gasteiger partial charge in [0.05, 0.1) is 6.61 Å². The Kier molecular flexibility index (Phi) is 7.22. The highest BCUT2D eigenvalue weighted by Gasteiger charge is 2.15. The van der Waals surface area contributed by atoms with Crippen LogP contribution in [0.25, 0.3) is 0 Å². The second kappa shape index (κ2) is 8.37. The first-order valence-corrected chi connectivity index (χ1v) is 5.21. The highest BCUT2D eigenvalue weighted by atomic mass is 16.6. The Morgan fingerprint density at radius 2 is 1.90 bits per heavy atom. The van der Waals surface area contributed by atoms with Crippen LogP contribution in [-0.4, -0.2) is 48.3 Å². The summed E-state index contributed by atoms with van der Waals surface area (Å²) in [4.78, 5) is 32.7. The van der Waals surface area contributed by atoms with E-state index in [1.807, 2.05) is 0 Å². The van der Waals surface area contributed by atoms with Crippen molar-refractivity contribution in [1.29, 1.82) is 0 Å². The molecule has 0 aliphatic carbocycles. The number of hydrogen-bond donors (Lipinski definition) is 3. The molecule has 0 atom stereocenters. The highest BCUT2D eigenvalue weighted by Crippen LogP contribution is 2.12. The van der Waals surface area contributed by atoms with E-state index in [2.05, 4.69) is 4.98 Å². The molecule has 0 aromatic carbocycles. The van der Waals surface area contributed by atoms with Gasteiger partial charge in [-0.2, -0.15) is 0 Å². The van der Waals surface area contributed by atoms with E-state index in [0.717, 1.165) is 0 Å². The van der Waals surface area contributed by atoms with Gasteiger partial charge in [-0.05, 0) is 4.92 Å². The predicted octanol–water partition coefficient (Wildman–Crippen LogP) is -0.196. The fourth-order valence-corrected chi connectivity index (χ4v) is 1.12. The lowest BCUT2D eigenvalue weighted by Crippen LogP contribution is -2.07. The molecule has 1 heterocycles. The van der Waals surface area contributed by atoms with Crippen molar-refractivity contribution in [3.05, 3.63) is 34.3 Å². The van der Waals surface area contributed by atoms with E-state index in [0.29, 0.717) is 18.0 Å². The van der Waals surface area contributed by atoms with Crippen molar-refractivity contribution in [1.82, 2.24) is 9.55 Å². The van der Waals surface area contributed by atoms with Gasteiger partial charge in [0.25, 0.3) is 0 Å². The van der Waals surface area contributed by atoms with Gasteiger partial charge in [-0.25, -0.2) is 19.1 Å². The van der Waals surface area contributed by atoms with Crippen molar-refractivity contribution >= 4 is 17.8 Å². The molecule has 1 aromatic heterocycles. The molecular formula is C10H13N3O7. The molecule has 0 saturated carbocycles. The number of carbonyl (C=O) groups is 2. The van der Waals surface area contributed by atoms with Gasteiger partial charge < -0.3 is 25.4 Å². The Labute approximate surface area is 112 Å². The highest BCUT2D eigenvalue weighted by molar-refractivity contribution is 5.89. The van der Waals surface area contributed by atoms with Crippen molar-refractivity contribution in [3.8, 4) is 0 Å². The first-order chi connectivity index (χ1) is 9.29. The number of imidazole rings is 1. The van der Waals surface area contributed by atoms with Gasteiger partial charge in [0.2, 0.25) is 0 Å². The summed E-state index contributed by atoms with van der Waals surface area (Å²) < 4.78 is 1.36. The van der Waals surface area contributed by atoms with Crippen molar-refractivity contribution < 1.29 is 29.8 Å². The van der Waals surface area contributed by atoms with E-state index in [4.69, 9.17) is 15.3 Å². The first kappa shape index (κ1) is 17.2. The number of aromatic nitrogens is 2. The molecule has 0 fully saturated rings. The number of rotatable bonds is 5. The number of nitro groups is 1. The summed E-state index contributed by atoms with van der Waals surface area (Å²) >= 11 is 0. The van der Waals surface area contributed by atoms with Gasteiger partial charge in [-0.15, -0.1) is 0 Å². The molecule has 10 nitrogen and oxygen atoms in total. The molecular weight excluding hydrogens is 274 g/mol. The number of aliphatic carboxylic acids is 2. The van der Waals surface area contributed by atoms with E-state index in [1.165, 1.54) is 10.8 Å². The smallest absolute Gasteiger partial charge is 0.342 e. The fraction of sp³-hybridized carbons (Fsp3) is 0.300. The third kappa shape index (κ3) is 6.26. The number of aliphatic hydroxyl groups excluding tert-OH is 1. The molecule has 10 heteroatoms. The SMILES string of the molecule is Cc1ncc([N+](=O)[O-])n1CCO.O=C(O)/C=C\C(=O)O. The van der Waals surface area contributed by atoms with Crippen LogP contribution in [0.3, 0.4) is 0 Å². The summed E-state index contributed by atoms with van der Waals surface area (Å²) in [5, 5.41) is 34.6. The number of carboxylic acid groups (broad SMARTS) is 2. The topological polar surface area (TPSA) is 156 Å². The largest absolute Gasteiger partial charge is 0.478 e. The molecule has 20 heavy (non-hydrogen) atoms. The van der Waals surface area contributed by atoms with Crippen LogP contribution in [0.2, 0.25) is 0 Å². The van der Waals surface area contributed by atoms with Gasteiger partial charge in [0.15, 0.2) is 5.82 Å². The number of hydrogen-bond acceptors (Lipinski definition) is 6. The molecule has 1 rings (SSSR count). The van der Waals surface area contributed by atoms with Crippen molar-refractivity contribution in [2.24, 2.45) is 0 Å². The number of carboxylic acids is 2. The van der Waals surface area contributed by atoms with E-state index in [1.54, 1.807) is 6.92 Å². The maximum Gasteiger partial charge on any atom is 0.342 e. The minimum absolute atomic E-state index is 0.0819. The molecule has 0 bridgehead atoms. The normalized spacial score (nSPS) is 9.90. The lowest BCUT2D eigenvalue weighted by atomic mass is 10.5. The van der Waals surface area contributed by atoms with Crippen LogP contribution >= 0.6 is 0 Å². The molecule has 0 radical (unpaired) electrons. The van der Waals surface area contributed by atoms with Gasteiger partial charge in [0, 0.05) is 19.1 Å². The summed E-state index contributed by atoms with van der Waals surface area (Å²) in [6.45, 7) is 1.74. The molecule has 1 aromatic rings. The molecule has 0 aliphatic rings. The maximum absolute atomic E-state index is 10.4. The average molecular weight is 287 g/mol. The van der Waals surface area contributed by atoms with E-state index in [-0.39, 0.29) is 19.0 Å². The minimum Gasteiger partial charge on any atom is -0.478 e. The quantitative estimate of drug-likeness (QED) is 0.382. The zero-order chi connectivity index (χ0) is 15.7. The zero-order valence-electron chi connectivity index (χ0n) is 10.5. The van der Waals surface area contributed by atoms with Crippen LogP contribution in [0.1, 0.15) is 5.82 Å². The van der Waals surface area contributed by atoms with Crippen molar-refractivity contribution in [2.45, 2.75) is 13.5 Å². The molecule has 0 amide bonds. The maximum atomic E-state index is 10.4. The zero-order valence-corrected chi connectivity index (χ0v) is 10.5. The fourth-order valence-electron chi connectivity index (χ4n) is 1.12. The Hall–Kier alpha value is -2.75. The van der Waals surface area contributed by atoms with Gasteiger partial charge in [-0.1, -0.05) is 0 Å². The predicted molar refractivity (Wildman–Crippen MR) is 65.1 cm³/mol. The van der Waals surface area contributed by atoms with Crippen LogP contribution in [-0.2, 0) is 16.1 Å². The van der Waals surface area contributed by atoms with Crippen molar-refractivity contribution in [2.75, 3.05) is 6.61 Å². The standard InChI is InChI=1S/C6H9N3O3.C4H4O4/c1-5-7-4-6(9(11)12)8(5)2-3-10;5-3(6)1-2-4(7)8/h4,10H,2-3H2,1H3;1-2H,(H,5,6)(H,7,8)/b;2-1-. The first-order valence-electron chi connectivity index (χ1n) is 5.21. The summed E-state index contributed by atoms with van der Waals surface area (Å²) in [6, 6.07) is 0. The minimum atomic E-state index is -1.26. The molecule has 0 saturated heterocycles. The summed E-state index contributed by atoms with van der Waals surface area (Å²) in [6.07, 6.45) is 2.30. The lowest BCUT2D eigenvalue weighted by Gasteiger charge is -1.98. The van der Waals surface area contributed by atoms with Gasteiger partial charge in [-0.3, -0.25) is 0 Å². The Balaban J connectivity index is 0.000000396. The molecule has 3 N–H and O–H groups in total. The Morgan fingerprint density at radius 1 is 1.40 bits per heavy atom. The molecule has 0 aliphatic heterocycles. The second-order valence-corrected chi connectivity index (χ2v) is 3.31. The number of aliphatic hydroxyl groups is 1. The monoisotopic (exact) mass is 287 g/mol. The summed E-state index contributed by atoms with van der Waals surface area (Å²) in [7, 11) is 0. The Morgan fingerprint density at radius 3 is 2.25 bits per heavy atom. The van der Waals surface area contributed by atoms with Crippen LogP contribution < -0.4 is 0 Å². The second-order valence-electron chi connectivity index (χ2n) is 3.31. The third-order valence-electron chi connectivity index (χ3n) is 1.91. The summed E-state index contributed by atoms with van der Waals surface area (Å²) in [5.41, 5.74) is 0. The molecule has 110 valence electrons. The Bertz CT molecular complexity index is 505. The van der Waals surface area contributed by atoms with Crippen molar-refractivity contribution in [3.63, 3.8) is 0 Å². The van der Waals surface area contributed by atoms with Gasteiger partial charge in [0.1, 0.15) is 12.7 Å². The van der Waals surface area contributed by atoms with E-state index >= 15 is 0 Å². The number of aryl methyl sites for hydroxylation is 1.